The molecule has 158 valence electrons. The molecule has 0 radical (unpaired) electrons. The molecule has 3 N–H and O–H groups in total. The second-order valence-electron chi connectivity index (χ2n) is 8.27. The Bertz CT molecular complexity index is 1030. The quantitative estimate of drug-likeness (QED) is 0.505. The normalized spacial score (nSPS) is 11.3. The monoisotopic (exact) mass is 425 g/mol. The molecule has 0 atom stereocenters. The molecule has 1 heterocycles. The molecule has 3 rings (SSSR count). The van der Waals surface area contributed by atoms with E-state index in [0.717, 1.165) is 28.2 Å². The Labute approximate surface area is 182 Å². The zero-order valence-corrected chi connectivity index (χ0v) is 18.8. The van der Waals surface area contributed by atoms with Crippen LogP contribution in [-0.2, 0) is 12.0 Å². The number of hydrogen-bond donors (Lipinski definition) is 3. The lowest BCUT2D eigenvalue weighted by Gasteiger charge is -2.14. The fourth-order valence-corrected chi connectivity index (χ4v) is 3.20. The number of nitrogens with one attached hydrogen (secondary N) is 3. The summed E-state index contributed by atoms with van der Waals surface area (Å²) in [6.07, 6.45) is 0. The summed E-state index contributed by atoms with van der Waals surface area (Å²) in [5, 5.41) is 14.3. The van der Waals surface area contributed by atoms with Gasteiger partial charge in [-0.25, -0.2) is 9.48 Å². The fourth-order valence-electron chi connectivity index (χ4n) is 3.01. The summed E-state index contributed by atoms with van der Waals surface area (Å²) in [4.78, 5) is 12.7. The van der Waals surface area contributed by atoms with Gasteiger partial charge in [-0.15, -0.1) is 0 Å². The molecule has 0 unspecified atom stereocenters. The Hall–Kier alpha value is -2.99. The summed E-state index contributed by atoms with van der Waals surface area (Å²) in [6, 6.07) is 15.2. The molecule has 30 heavy (non-hydrogen) atoms. The Morgan fingerprint density at radius 1 is 1.10 bits per heavy atom. The first-order valence-electron chi connectivity index (χ1n) is 9.86. The molecule has 7 heteroatoms. The molecule has 0 spiro atoms. The number of anilines is 2. The molecule has 0 aliphatic carbocycles. The number of carbonyl (C=O) groups excluding carboxylic acids is 1. The highest BCUT2D eigenvalue weighted by atomic mass is 35.5. The van der Waals surface area contributed by atoms with Gasteiger partial charge >= 0.3 is 6.03 Å². The second kappa shape index (κ2) is 8.79. The molecular weight excluding hydrogens is 398 g/mol. The summed E-state index contributed by atoms with van der Waals surface area (Å²) in [6.45, 7) is 8.66. The number of hydrogen-bond acceptors (Lipinski definition) is 3. The van der Waals surface area contributed by atoms with Gasteiger partial charge in [-0.1, -0.05) is 50.1 Å². The van der Waals surface area contributed by atoms with E-state index in [1.54, 1.807) is 4.68 Å². The Kier molecular flexibility index (Phi) is 6.37. The van der Waals surface area contributed by atoms with Gasteiger partial charge < -0.3 is 10.6 Å². The van der Waals surface area contributed by atoms with Crippen molar-refractivity contribution in [2.24, 2.45) is 0 Å². The van der Waals surface area contributed by atoms with Crippen LogP contribution in [0.4, 0.5) is 16.3 Å². The first kappa shape index (κ1) is 21.7. The standard InChI is InChI=1S/C23H28ClN5O/c1-15-6-9-18(10-7-15)29-21(13-20(28-29)23(2,3)4)27-22(30)26-14-16-12-17(24)8-11-19(16)25-5/h6-13,25H,14H2,1-5H3,(H2,26,27,30). The molecular formula is C23H28ClN5O. The van der Waals surface area contributed by atoms with Crippen molar-refractivity contribution in [1.82, 2.24) is 15.1 Å². The van der Waals surface area contributed by atoms with Crippen molar-refractivity contribution in [3.8, 4) is 5.69 Å². The summed E-state index contributed by atoms with van der Waals surface area (Å²) in [5.74, 6) is 0.612. The van der Waals surface area contributed by atoms with Crippen LogP contribution in [0.1, 0.15) is 37.6 Å². The van der Waals surface area contributed by atoms with Crippen molar-refractivity contribution in [2.45, 2.75) is 39.7 Å². The summed E-state index contributed by atoms with van der Waals surface area (Å²) < 4.78 is 1.76. The summed E-state index contributed by atoms with van der Waals surface area (Å²) >= 11 is 6.10. The zero-order valence-electron chi connectivity index (χ0n) is 18.0. The SMILES string of the molecule is CNc1ccc(Cl)cc1CNC(=O)Nc1cc(C(C)(C)C)nn1-c1ccc(C)cc1. The highest BCUT2D eigenvalue weighted by Gasteiger charge is 2.21. The number of nitrogens with zero attached hydrogens (tertiary/aromatic N) is 2. The molecule has 6 nitrogen and oxygen atoms in total. The summed E-state index contributed by atoms with van der Waals surface area (Å²) in [5.41, 5.74) is 4.62. The van der Waals surface area contributed by atoms with E-state index in [-0.39, 0.29) is 11.4 Å². The molecule has 0 aliphatic rings. The average molecular weight is 426 g/mol. The Morgan fingerprint density at radius 3 is 2.43 bits per heavy atom. The van der Waals surface area contributed by atoms with E-state index in [1.165, 1.54) is 0 Å². The van der Waals surface area contributed by atoms with Crippen LogP contribution in [-0.4, -0.2) is 22.9 Å². The maximum absolute atomic E-state index is 12.7. The predicted molar refractivity (Wildman–Crippen MR) is 124 cm³/mol. The van der Waals surface area contributed by atoms with Gasteiger partial charge in [0.05, 0.1) is 11.4 Å². The van der Waals surface area contributed by atoms with Crippen LogP contribution in [0.3, 0.4) is 0 Å². The number of rotatable bonds is 5. The lowest BCUT2D eigenvalue weighted by atomic mass is 9.92. The van der Waals surface area contributed by atoms with Crippen molar-refractivity contribution in [2.75, 3.05) is 17.7 Å². The van der Waals surface area contributed by atoms with E-state index in [4.69, 9.17) is 16.7 Å². The van der Waals surface area contributed by atoms with Crippen LogP contribution in [0, 0.1) is 6.92 Å². The molecule has 3 aromatic rings. The number of halogens is 1. The number of amides is 2. The topological polar surface area (TPSA) is 71.0 Å². The van der Waals surface area contributed by atoms with Gasteiger partial charge in [0.1, 0.15) is 5.82 Å². The molecule has 0 bridgehead atoms. The zero-order chi connectivity index (χ0) is 21.9. The smallest absolute Gasteiger partial charge is 0.320 e. The van der Waals surface area contributed by atoms with E-state index < -0.39 is 0 Å². The van der Waals surface area contributed by atoms with Crippen LogP contribution < -0.4 is 16.0 Å². The fraction of sp³-hybridized carbons (Fsp3) is 0.304. The lowest BCUT2D eigenvalue weighted by Crippen LogP contribution is -2.29. The van der Waals surface area contributed by atoms with Crippen LogP contribution in [0.25, 0.3) is 5.69 Å². The van der Waals surface area contributed by atoms with Gasteiger partial charge in [-0.05, 0) is 42.8 Å². The van der Waals surface area contributed by atoms with Crippen molar-refractivity contribution in [3.05, 3.63) is 70.4 Å². The third kappa shape index (κ3) is 5.13. The molecule has 0 saturated heterocycles. The molecule has 2 amide bonds. The van der Waals surface area contributed by atoms with Gasteiger partial charge in [0.2, 0.25) is 0 Å². The van der Waals surface area contributed by atoms with E-state index in [2.05, 4.69) is 36.7 Å². The minimum atomic E-state index is -0.314. The number of benzene rings is 2. The first-order chi connectivity index (χ1) is 14.2. The van der Waals surface area contributed by atoms with E-state index in [1.807, 2.05) is 62.5 Å². The predicted octanol–water partition coefficient (Wildman–Crippen LogP) is 5.50. The second-order valence-corrected chi connectivity index (χ2v) is 8.71. The van der Waals surface area contributed by atoms with Crippen LogP contribution in [0.15, 0.2) is 48.5 Å². The van der Waals surface area contributed by atoms with Crippen LogP contribution in [0.5, 0.6) is 0 Å². The van der Waals surface area contributed by atoms with Gasteiger partial charge in [-0.2, -0.15) is 5.10 Å². The van der Waals surface area contributed by atoms with Gasteiger partial charge in [-0.3, -0.25) is 5.32 Å². The van der Waals surface area contributed by atoms with Crippen molar-refractivity contribution < 1.29 is 4.79 Å². The molecule has 0 aliphatic heterocycles. The maximum atomic E-state index is 12.7. The van der Waals surface area contributed by atoms with E-state index in [9.17, 15) is 4.79 Å². The summed E-state index contributed by atoms with van der Waals surface area (Å²) in [7, 11) is 1.83. The van der Waals surface area contributed by atoms with Crippen LogP contribution >= 0.6 is 11.6 Å². The molecule has 2 aromatic carbocycles. The largest absolute Gasteiger partial charge is 0.388 e. The highest BCUT2D eigenvalue weighted by Crippen LogP contribution is 2.26. The minimum absolute atomic E-state index is 0.147. The van der Waals surface area contributed by atoms with Gasteiger partial charge in [0.15, 0.2) is 0 Å². The highest BCUT2D eigenvalue weighted by molar-refractivity contribution is 6.30. The van der Waals surface area contributed by atoms with E-state index >= 15 is 0 Å². The first-order valence-corrected chi connectivity index (χ1v) is 10.2. The third-order valence-corrected chi connectivity index (χ3v) is 5.01. The maximum Gasteiger partial charge on any atom is 0.320 e. The Morgan fingerprint density at radius 2 is 1.80 bits per heavy atom. The molecule has 0 saturated carbocycles. The number of urea groups is 1. The number of aryl methyl sites for hydroxylation is 1. The van der Waals surface area contributed by atoms with Crippen molar-refractivity contribution >= 4 is 29.1 Å². The number of aromatic nitrogens is 2. The average Bonchev–Trinajstić information content (AvgIpc) is 3.11. The molecule has 0 fully saturated rings. The lowest BCUT2D eigenvalue weighted by molar-refractivity contribution is 0.251. The van der Waals surface area contributed by atoms with Gasteiger partial charge in [0, 0.05) is 35.8 Å². The minimum Gasteiger partial charge on any atom is -0.388 e. The van der Waals surface area contributed by atoms with Crippen molar-refractivity contribution in [1.29, 1.82) is 0 Å². The van der Waals surface area contributed by atoms with Gasteiger partial charge in [0.25, 0.3) is 0 Å². The number of carbonyl (C=O) groups is 1. The van der Waals surface area contributed by atoms with Crippen molar-refractivity contribution in [3.63, 3.8) is 0 Å². The molecule has 1 aromatic heterocycles. The third-order valence-electron chi connectivity index (χ3n) is 4.77. The van der Waals surface area contributed by atoms with E-state index in [0.29, 0.717) is 17.4 Å². The van der Waals surface area contributed by atoms with Crippen LogP contribution in [0.2, 0.25) is 5.02 Å². The Balaban J connectivity index is 1.81.